The van der Waals surface area contributed by atoms with Gasteiger partial charge in [0.05, 0.1) is 13.2 Å². The lowest BCUT2D eigenvalue weighted by molar-refractivity contribution is 0.175. The third-order valence-electron chi connectivity index (χ3n) is 3.90. The van der Waals surface area contributed by atoms with Gasteiger partial charge in [0.25, 0.3) is 0 Å². The maximum atomic E-state index is 5.95. The highest BCUT2D eigenvalue weighted by atomic mass is 32.5. The molecule has 1 fully saturated rings. The van der Waals surface area contributed by atoms with E-state index in [1.54, 1.807) is 0 Å². The van der Waals surface area contributed by atoms with E-state index < -0.39 is 6.49 Å². The summed E-state index contributed by atoms with van der Waals surface area (Å²) >= 11 is 5.82. The van der Waals surface area contributed by atoms with Crippen LogP contribution in [0.15, 0.2) is 54.6 Å². The molecule has 23 heavy (non-hydrogen) atoms. The Hall–Kier alpha value is -1.19. The summed E-state index contributed by atoms with van der Waals surface area (Å²) < 4.78 is 11.9. The van der Waals surface area contributed by atoms with E-state index in [4.69, 9.17) is 20.9 Å². The van der Waals surface area contributed by atoms with Crippen LogP contribution in [-0.4, -0.2) is 13.2 Å². The molecule has 0 saturated carbocycles. The van der Waals surface area contributed by atoms with Crippen LogP contribution in [0.25, 0.3) is 0 Å². The predicted molar refractivity (Wildman–Crippen MR) is 99.4 cm³/mol. The number of rotatable bonds is 5. The number of anilines is 1. The first-order valence-corrected chi connectivity index (χ1v) is 10.7. The van der Waals surface area contributed by atoms with Gasteiger partial charge in [-0.1, -0.05) is 49.4 Å². The summed E-state index contributed by atoms with van der Waals surface area (Å²) in [6.07, 6.45) is 1.91. The molecule has 5 heteroatoms. The molecule has 3 rings (SSSR count). The van der Waals surface area contributed by atoms with Crippen molar-refractivity contribution in [3.63, 3.8) is 0 Å². The van der Waals surface area contributed by atoms with Crippen molar-refractivity contribution in [2.24, 2.45) is 0 Å². The lowest BCUT2D eigenvalue weighted by atomic mass is 10.1. The van der Waals surface area contributed by atoms with Crippen LogP contribution in [0.1, 0.15) is 30.3 Å². The highest BCUT2D eigenvalue weighted by Crippen LogP contribution is 2.62. The van der Waals surface area contributed by atoms with Gasteiger partial charge in [-0.2, -0.15) is 0 Å². The van der Waals surface area contributed by atoms with Crippen LogP contribution in [0.2, 0.25) is 0 Å². The molecule has 0 unspecified atom stereocenters. The van der Waals surface area contributed by atoms with E-state index in [2.05, 4.69) is 48.6 Å². The van der Waals surface area contributed by atoms with Crippen LogP contribution in [0, 0.1) is 0 Å². The highest BCUT2D eigenvalue weighted by molar-refractivity contribution is 8.10. The van der Waals surface area contributed by atoms with E-state index in [9.17, 15) is 0 Å². The van der Waals surface area contributed by atoms with Crippen LogP contribution in [0.5, 0.6) is 0 Å². The van der Waals surface area contributed by atoms with Gasteiger partial charge in [-0.3, -0.25) is 0 Å². The fourth-order valence-electron chi connectivity index (χ4n) is 2.65. The van der Waals surface area contributed by atoms with Gasteiger partial charge in [0.15, 0.2) is 0 Å². The first-order valence-electron chi connectivity index (χ1n) is 8.00. The van der Waals surface area contributed by atoms with E-state index in [0.717, 1.165) is 24.1 Å². The average molecular weight is 347 g/mol. The monoisotopic (exact) mass is 347 g/mol. The topological polar surface area (TPSA) is 30.5 Å². The van der Waals surface area contributed by atoms with Crippen LogP contribution >= 0.6 is 6.49 Å². The summed E-state index contributed by atoms with van der Waals surface area (Å²) in [5, 5.41) is 3.58. The molecule has 0 aromatic heterocycles. The quantitative estimate of drug-likeness (QED) is 0.762. The summed E-state index contributed by atoms with van der Waals surface area (Å²) in [4.78, 5) is 0. The zero-order valence-corrected chi connectivity index (χ0v) is 15.0. The molecule has 1 aliphatic heterocycles. The Morgan fingerprint density at radius 1 is 1.09 bits per heavy atom. The zero-order chi connectivity index (χ0) is 16.1. The van der Waals surface area contributed by atoms with Gasteiger partial charge in [0, 0.05) is 5.69 Å². The molecule has 2 aromatic rings. The molecule has 0 radical (unpaired) electrons. The number of aryl methyl sites for hydroxylation is 1. The fraction of sp³-hybridized carbons (Fsp3) is 0.333. The Balaban J connectivity index is 1.93. The average Bonchev–Trinajstić information content (AvgIpc) is 2.61. The minimum atomic E-state index is -2.41. The van der Waals surface area contributed by atoms with Gasteiger partial charge in [0.2, 0.25) is 6.49 Å². The van der Waals surface area contributed by atoms with Crippen LogP contribution in [0.3, 0.4) is 0 Å². The summed E-state index contributed by atoms with van der Waals surface area (Å²) in [5.74, 6) is -0.133. The van der Waals surface area contributed by atoms with E-state index in [1.165, 1.54) is 5.56 Å². The fourth-order valence-corrected chi connectivity index (χ4v) is 5.60. The molecule has 1 atom stereocenters. The van der Waals surface area contributed by atoms with E-state index >= 15 is 0 Å². The number of nitrogens with one attached hydrogen (secondary N) is 1. The third-order valence-corrected chi connectivity index (χ3v) is 7.31. The van der Waals surface area contributed by atoms with Gasteiger partial charge < -0.3 is 14.4 Å². The Kier molecular flexibility index (Phi) is 5.50. The molecule has 0 bridgehead atoms. The normalized spacial score (nSPS) is 18.3. The van der Waals surface area contributed by atoms with E-state index in [1.807, 2.05) is 18.2 Å². The zero-order valence-electron chi connectivity index (χ0n) is 13.3. The largest absolute Gasteiger partial charge is 0.370 e. The number of hydrogen-bond donors (Lipinski definition) is 1. The minimum absolute atomic E-state index is 0.133. The van der Waals surface area contributed by atoms with E-state index in [-0.39, 0.29) is 5.78 Å². The van der Waals surface area contributed by atoms with Crippen molar-refractivity contribution < 1.29 is 9.05 Å². The predicted octanol–water partition coefficient (Wildman–Crippen LogP) is 5.11. The van der Waals surface area contributed by atoms with Gasteiger partial charge in [0.1, 0.15) is 5.78 Å². The van der Waals surface area contributed by atoms with Crippen molar-refractivity contribution in [1.29, 1.82) is 0 Å². The smallest absolute Gasteiger partial charge is 0.215 e. The molecule has 0 spiro atoms. The Labute approximate surface area is 143 Å². The maximum absolute atomic E-state index is 5.95. The van der Waals surface area contributed by atoms with E-state index in [0.29, 0.717) is 13.2 Å². The van der Waals surface area contributed by atoms with Gasteiger partial charge in [-0.15, -0.1) is 0 Å². The molecular formula is C18H22NO2PS. The Morgan fingerprint density at radius 2 is 1.83 bits per heavy atom. The summed E-state index contributed by atoms with van der Waals surface area (Å²) in [5.41, 5.74) is 3.46. The second-order valence-corrected chi connectivity index (χ2v) is 9.21. The molecule has 1 aliphatic rings. The molecule has 0 amide bonds. The number of hydrogen-bond acceptors (Lipinski definition) is 4. The molecule has 3 nitrogen and oxygen atoms in total. The van der Waals surface area contributed by atoms with Crippen molar-refractivity contribution in [2.45, 2.75) is 25.5 Å². The van der Waals surface area contributed by atoms with Crippen molar-refractivity contribution >= 4 is 24.0 Å². The first kappa shape index (κ1) is 16.7. The lowest BCUT2D eigenvalue weighted by Crippen LogP contribution is -2.19. The highest BCUT2D eigenvalue weighted by Gasteiger charge is 2.34. The molecule has 1 N–H and O–H groups in total. The number of benzene rings is 2. The van der Waals surface area contributed by atoms with Gasteiger partial charge in [-0.05, 0) is 47.9 Å². The second-order valence-electron chi connectivity index (χ2n) is 5.57. The van der Waals surface area contributed by atoms with Crippen LogP contribution in [0.4, 0.5) is 5.69 Å². The maximum Gasteiger partial charge on any atom is 0.215 e. The third kappa shape index (κ3) is 4.02. The summed E-state index contributed by atoms with van der Waals surface area (Å²) in [6.45, 7) is 1.10. The van der Waals surface area contributed by atoms with Crippen molar-refractivity contribution in [1.82, 2.24) is 0 Å². The molecular weight excluding hydrogens is 325 g/mol. The molecule has 1 saturated heterocycles. The minimum Gasteiger partial charge on any atom is -0.370 e. The lowest BCUT2D eigenvalue weighted by Gasteiger charge is -2.34. The Bertz CT molecular complexity index is 682. The molecule has 1 heterocycles. The Morgan fingerprint density at radius 3 is 2.52 bits per heavy atom. The van der Waals surface area contributed by atoms with Crippen LogP contribution in [-0.2, 0) is 27.3 Å². The molecule has 2 aromatic carbocycles. The standard InChI is InChI=1S/C18H22NO2PS/c1-2-15-8-6-11-17(14-15)19-18(16-9-4-3-5-10-16)22(23)20-12-7-13-21-22/h3-6,8-11,14,18-19H,2,7,12-13H2,1H3/t18-/m1/s1. The van der Waals surface area contributed by atoms with Crippen molar-refractivity contribution in [2.75, 3.05) is 18.5 Å². The van der Waals surface area contributed by atoms with Crippen molar-refractivity contribution in [3.8, 4) is 0 Å². The van der Waals surface area contributed by atoms with Gasteiger partial charge in [-0.25, -0.2) is 0 Å². The van der Waals surface area contributed by atoms with Gasteiger partial charge >= 0.3 is 0 Å². The second kappa shape index (κ2) is 7.59. The van der Waals surface area contributed by atoms with Crippen LogP contribution < -0.4 is 5.32 Å². The van der Waals surface area contributed by atoms with Crippen molar-refractivity contribution in [3.05, 3.63) is 65.7 Å². The molecule has 0 aliphatic carbocycles. The first-order chi connectivity index (χ1) is 11.2. The summed E-state index contributed by atoms with van der Waals surface area (Å²) in [6, 6.07) is 18.7. The summed E-state index contributed by atoms with van der Waals surface area (Å²) in [7, 11) is 0. The molecule has 122 valence electrons. The SMILES string of the molecule is CCc1cccc(N[C@@H](c2ccccc2)P2(=S)OCCCO2)c1.